The summed E-state index contributed by atoms with van der Waals surface area (Å²) >= 11 is 0. The molecule has 2 aromatic heterocycles. The van der Waals surface area contributed by atoms with Crippen molar-refractivity contribution in [2.24, 2.45) is 5.92 Å². The van der Waals surface area contributed by atoms with Gasteiger partial charge in [-0.3, -0.25) is 4.79 Å². The average Bonchev–Trinajstić information content (AvgIpc) is 3.25. The van der Waals surface area contributed by atoms with Gasteiger partial charge in [0.25, 0.3) is 0 Å². The zero-order valence-electron chi connectivity index (χ0n) is 16.5. The van der Waals surface area contributed by atoms with E-state index >= 15 is 0 Å². The lowest BCUT2D eigenvalue weighted by Crippen LogP contribution is -2.40. The first-order chi connectivity index (χ1) is 14.2. The van der Waals surface area contributed by atoms with E-state index in [0.717, 1.165) is 54.5 Å². The normalized spacial score (nSPS) is 14.8. The molecule has 4 rings (SSSR count). The molecule has 3 aromatic rings. The molecule has 0 radical (unpaired) electrons. The van der Waals surface area contributed by atoms with E-state index in [4.69, 9.17) is 9.47 Å². The Morgan fingerprint density at radius 1 is 1.17 bits per heavy atom. The van der Waals surface area contributed by atoms with E-state index in [-0.39, 0.29) is 11.8 Å². The van der Waals surface area contributed by atoms with Crippen LogP contribution in [-0.2, 0) is 11.3 Å². The molecule has 9 heteroatoms. The van der Waals surface area contributed by atoms with Crippen LogP contribution in [-0.4, -0.2) is 53.0 Å². The highest BCUT2D eigenvalue weighted by Crippen LogP contribution is 2.25. The van der Waals surface area contributed by atoms with Crippen LogP contribution in [0, 0.1) is 5.92 Å². The molecule has 3 heterocycles. The first-order valence-corrected chi connectivity index (χ1v) is 9.58. The minimum Gasteiger partial charge on any atom is -0.497 e. The number of fused-ring (bicyclic) bond motifs is 1. The highest BCUT2D eigenvalue weighted by atomic mass is 16.5. The lowest BCUT2D eigenvalue weighted by atomic mass is 9.96. The fourth-order valence-corrected chi connectivity index (χ4v) is 3.60. The fourth-order valence-electron chi connectivity index (χ4n) is 3.60. The van der Waals surface area contributed by atoms with Crippen molar-refractivity contribution in [3.8, 4) is 11.5 Å². The number of ether oxygens (including phenoxy) is 2. The number of rotatable bonds is 6. The summed E-state index contributed by atoms with van der Waals surface area (Å²) in [5.41, 5.74) is 1.61. The van der Waals surface area contributed by atoms with Crippen LogP contribution in [0.3, 0.4) is 0 Å². The average molecular weight is 396 g/mol. The molecule has 0 atom stereocenters. The molecule has 0 unspecified atom stereocenters. The first-order valence-electron chi connectivity index (χ1n) is 9.58. The number of amides is 1. The summed E-state index contributed by atoms with van der Waals surface area (Å²) < 4.78 is 12.3. The summed E-state index contributed by atoms with van der Waals surface area (Å²) in [4.78, 5) is 14.9. The Hall–Kier alpha value is -3.36. The Morgan fingerprint density at radius 2 is 2.00 bits per heavy atom. The van der Waals surface area contributed by atoms with Crippen LogP contribution in [0.25, 0.3) is 5.65 Å². The van der Waals surface area contributed by atoms with Crippen molar-refractivity contribution in [2.75, 3.05) is 32.2 Å². The second-order valence-corrected chi connectivity index (χ2v) is 6.98. The lowest BCUT2D eigenvalue weighted by Gasteiger charge is -2.32. The molecule has 1 N–H and O–H groups in total. The molecule has 1 saturated heterocycles. The topological polar surface area (TPSA) is 93.9 Å². The number of carbonyl (C=O) groups excluding carboxylic acids is 1. The van der Waals surface area contributed by atoms with Gasteiger partial charge < -0.3 is 19.7 Å². The van der Waals surface area contributed by atoms with Gasteiger partial charge >= 0.3 is 0 Å². The van der Waals surface area contributed by atoms with Crippen LogP contribution in [0.15, 0.2) is 36.7 Å². The molecule has 1 aliphatic rings. The number of carbonyl (C=O) groups is 1. The van der Waals surface area contributed by atoms with Gasteiger partial charge in [0.05, 0.1) is 14.2 Å². The minimum absolute atomic E-state index is 0.0125. The van der Waals surface area contributed by atoms with Crippen LogP contribution in [0.5, 0.6) is 11.5 Å². The van der Waals surface area contributed by atoms with Crippen LogP contribution < -0.4 is 19.7 Å². The molecule has 0 aliphatic carbocycles. The van der Waals surface area contributed by atoms with E-state index in [1.807, 2.05) is 30.3 Å². The van der Waals surface area contributed by atoms with E-state index in [9.17, 15) is 4.79 Å². The molecule has 152 valence electrons. The Morgan fingerprint density at radius 3 is 2.76 bits per heavy atom. The highest BCUT2D eigenvalue weighted by Gasteiger charge is 2.26. The molecule has 0 saturated carbocycles. The zero-order chi connectivity index (χ0) is 20.2. The maximum Gasteiger partial charge on any atom is 0.223 e. The maximum atomic E-state index is 12.7. The summed E-state index contributed by atoms with van der Waals surface area (Å²) in [5.74, 6) is 2.40. The van der Waals surface area contributed by atoms with Crippen molar-refractivity contribution >= 4 is 17.4 Å². The first kappa shape index (κ1) is 19.0. The van der Waals surface area contributed by atoms with Gasteiger partial charge in [-0.25, -0.2) is 0 Å². The molecule has 1 fully saturated rings. The number of hydrogen-bond donors (Lipinski definition) is 1. The minimum atomic E-state index is -0.0125. The van der Waals surface area contributed by atoms with Crippen LogP contribution in [0.1, 0.15) is 18.4 Å². The molecule has 1 aliphatic heterocycles. The van der Waals surface area contributed by atoms with Crippen LogP contribution >= 0.6 is 0 Å². The highest BCUT2D eigenvalue weighted by molar-refractivity contribution is 5.79. The number of piperidine rings is 1. The summed E-state index contributed by atoms with van der Waals surface area (Å²) in [5, 5.41) is 15.4. The second-order valence-electron chi connectivity index (χ2n) is 6.98. The molecule has 29 heavy (non-hydrogen) atoms. The number of anilines is 1. The monoisotopic (exact) mass is 396 g/mol. The van der Waals surface area contributed by atoms with Gasteiger partial charge in [-0.15, -0.1) is 15.3 Å². The molecular weight excluding hydrogens is 372 g/mol. The van der Waals surface area contributed by atoms with Gasteiger partial charge in [-0.1, -0.05) is 0 Å². The Labute approximate surface area is 168 Å². The van der Waals surface area contributed by atoms with Gasteiger partial charge in [0.1, 0.15) is 23.6 Å². The number of hydrogen-bond acceptors (Lipinski definition) is 7. The smallest absolute Gasteiger partial charge is 0.223 e. The maximum absolute atomic E-state index is 12.7. The number of nitrogens with zero attached hydrogens (tertiary/aromatic N) is 5. The molecule has 9 nitrogen and oxygen atoms in total. The van der Waals surface area contributed by atoms with Crippen LogP contribution in [0.4, 0.5) is 5.82 Å². The van der Waals surface area contributed by atoms with Gasteiger partial charge in [0.15, 0.2) is 5.65 Å². The molecule has 1 aromatic carbocycles. The third-order valence-electron chi connectivity index (χ3n) is 5.28. The second kappa shape index (κ2) is 8.34. The number of nitrogens with one attached hydrogen (secondary N) is 1. The Balaban J connectivity index is 1.33. The Kier molecular flexibility index (Phi) is 5.46. The van der Waals surface area contributed by atoms with E-state index in [1.165, 1.54) is 0 Å². The standard InChI is InChI=1S/C20H24N6O3/c1-28-16-3-4-17(29-2)15(11-16)12-21-20(27)14-7-9-25(10-8-14)19-6-5-18-23-22-13-26(18)24-19/h3-6,11,13-14H,7-10,12H2,1-2H3,(H,21,27). The van der Waals surface area contributed by atoms with Gasteiger partial charge in [0, 0.05) is 31.1 Å². The van der Waals surface area contributed by atoms with E-state index in [0.29, 0.717) is 6.54 Å². The lowest BCUT2D eigenvalue weighted by molar-refractivity contribution is -0.125. The van der Waals surface area contributed by atoms with E-state index in [2.05, 4.69) is 25.5 Å². The predicted octanol–water partition coefficient (Wildman–Crippen LogP) is 1.67. The summed E-state index contributed by atoms with van der Waals surface area (Å²) in [6.45, 7) is 1.97. The molecule has 0 bridgehead atoms. The van der Waals surface area contributed by atoms with E-state index in [1.54, 1.807) is 25.1 Å². The summed E-state index contributed by atoms with van der Waals surface area (Å²) in [6, 6.07) is 9.41. The van der Waals surface area contributed by atoms with Crippen LogP contribution in [0.2, 0.25) is 0 Å². The third-order valence-corrected chi connectivity index (χ3v) is 5.28. The van der Waals surface area contributed by atoms with Crippen molar-refractivity contribution in [3.63, 3.8) is 0 Å². The van der Waals surface area contributed by atoms with Gasteiger partial charge in [-0.05, 0) is 43.2 Å². The number of benzene rings is 1. The molecule has 1 amide bonds. The molecular formula is C20H24N6O3. The Bertz CT molecular complexity index is 997. The predicted molar refractivity (Wildman–Crippen MR) is 107 cm³/mol. The zero-order valence-corrected chi connectivity index (χ0v) is 16.5. The van der Waals surface area contributed by atoms with Crippen molar-refractivity contribution in [1.29, 1.82) is 0 Å². The van der Waals surface area contributed by atoms with Crippen molar-refractivity contribution < 1.29 is 14.3 Å². The van der Waals surface area contributed by atoms with Crippen molar-refractivity contribution in [2.45, 2.75) is 19.4 Å². The fraction of sp³-hybridized carbons (Fsp3) is 0.400. The SMILES string of the molecule is COc1ccc(OC)c(CNC(=O)C2CCN(c3ccc4nncn4n3)CC2)c1. The van der Waals surface area contributed by atoms with Gasteiger partial charge in [0.2, 0.25) is 5.91 Å². The van der Waals surface area contributed by atoms with Crippen molar-refractivity contribution in [1.82, 2.24) is 25.1 Å². The number of methoxy groups -OCH3 is 2. The summed E-state index contributed by atoms with van der Waals surface area (Å²) in [7, 11) is 3.24. The van der Waals surface area contributed by atoms with E-state index < -0.39 is 0 Å². The summed E-state index contributed by atoms with van der Waals surface area (Å²) in [6.07, 6.45) is 3.15. The van der Waals surface area contributed by atoms with Crippen molar-refractivity contribution in [3.05, 3.63) is 42.2 Å². The van der Waals surface area contributed by atoms with Gasteiger partial charge in [-0.2, -0.15) is 4.52 Å². The third kappa shape index (κ3) is 4.08. The molecule has 0 spiro atoms. The largest absolute Gasteiger partial charge is 0.497 e. The quantitative estimate of drug-likeness (QED) is 0.677. The number of aromatic nitrogens is 4.